The van der Waals surface area contributed by atoms with E-state index >= 15 is 0 Å². The van der Waals surface area contributed by atoms with Gasteiger partial charge in [0, 0.05) is 16.7 Å². The molecule has 0 saturated heterocycles. The second-order valence-corrected chi connectivity index (χ2v) is 9.25. The summed E-state index contributed by atoms with van der Waals surface area (Å²) < 4.78 is 5.84. The predicted octanol–water partition coefficient (Wildman–Crippen LogP) is 5.91. The van der Waals surface area contributed by atoms with Gasteiger partial charge in [-0.1, -0.05) is 55.3 Å². The fourth-order valence-electron chi connectivity index (χ4n) is 4.17. The van der Waals surface area contributed by atoms with E-state index in [1.54, 1.807) is 0 Å². The molecule has 1 amide bonds. The van der Waals surface area contributed by atoms with Crippen LogP contribution in [-0.4, -0.2) is 33.2 Å². The Morgan fingerprint density at radius 3 is 2.35 bits per heavy atom. The van der Waals surface area contributed by atoms with Crippen LogP contribution in [0.4, 0.5) is 0 Å². The lowest BCUT2D eigenvalue weighted by molar-refractivity contribution is 0.0546. The average molecular weight is 418 g/mol. The van der Waals surface area contributed by atoms with E-state index in [4.69, 9.17) is 4.74 Å². The van der Waals surface area contributed by atoms with Crippen molar-refractivity contribution in [2.75, 3.05) is 6.61 Å². The monoisotopic (exact) mass is 417 g/mol. The van der Waals surface area contributed by atoms with Gasteiger partial charge in [-0.05, 0) is 51.8 Å². The van der Waals surface area contributed by atoms with Crippen LogP contribution in [0.25, 0.3) is 11.3 Å². The topological polar surface area (TPSA) is 58.2 Å². The summed E-state index contributed by atoms with van der Waals surface area (Å²) in [5.74, 6) is 0.844. The number of aromatic nitrogens is 2. The molecule has 0 aliphatic carbocycles. The largest absolute Gasteiger partial charge is 0.494 e. The van der Waals surface area contributed by atoms with Gasteiger partial charge in [-0.2, -0.15) is 5.10 Å². The van der Waals surface area contributed by atoms with Crippen molar-refractivity contribution in [3.63, 3.8) is 0 Å². The lowest BCUT2D eigenvalue weighted by atomic mass is 9.93. The van der Waals surface area contributed by atoms with Gasteiger partial charge >= 0.3 is 0 Å². The summed E-state index contributed by atoms with van der Waals surface area (Å²) in [5, 5.41) is 7.58. The van der Waals surface area contributed by atoms with Crippen molar-refractivity contribution < 1.29 is 9.53 Å². The fourth-order valence-corrected chi connectivity index (χ4v) is 4.17. The molecule has 5 nitrogen and oxygen atoms in total. The first-order valence-corrected chi connectivity index (χ1v) is 11.0. The molecule has 162 valence electrons. The summed E-state index contributed by atoms with van der Waals surface area (Å²) in [6.45, 7) is 11.2. The molecule has 0 fully saturated rings. The van der Waals surface area contributed by atoms with Crippen molar-refractivity contribution >= 4 is 5.91 Å². The van der Waals surface area contributed by atoms with E-state index < -0.39 is 0 Å². The van der Waals surface area contributed by atoms with Crippen LogP contribution in [0.1, 0.15) is 73.8 Å². The maximum absolute atomic E-state index is 13.4. The zero-order valence-corrected chi connectivity index (χ0v) is 19.0. The zero-order chi connectivity index (χ0) is 22.2. The normalized spacial score (nSPS) is 16.0. The summed E-state index contributed by atoms with van der Waals surface area (Å²) in [5.41, 5.74) is 5.28. The van der Waals surface area contributed by atoms with Gasteiger partial charge in [0.2, 0.25) is 0 Å². The Balaban J connectivity index is 1.77. The standard InChI is InChI=1S/C26H31N3O2/c1-6-7-16-31-20-14-12-19(13-15-20)24-21-22(18-10-8-17(2)9-11-18)27-28-23(21)25(30)29(24)26(3,4)5/h8-15,24H,6-7,16H2,1-5H3,(H,27,28). The number of nitrogens with one attached hydrogen (secondary N) is 1. The zero-order valence-electron chi connectivity index (χ0n) is 19.0. The molecule has 1 unspecified atom stereocenters. The van der Waals surface area contributed by atoms with Gasteiger partial charge in [-0.3, -0.25) is 9.89 Å². The number of nitrogens with zero attached hydrogens (tertiary/aromatic N) is 2. The highest BCUT2D eigenvalue weighted by atomic mass is 16.5. The number of carbonyl (C=O) groups excluding carboxylic acids is 1. The summed E-state index contributed by atoms with van der Waals surface area (Å²) in [6, 6.07) is 16.2. The molecule has 0 bridgehead atoms. The Hall–Kier alpha value is -3.08. The fraction of sp³-hybridized carbons (Fsp3) is 0.385. The number of amides is 1. The van der Waals surface area contributed by atoms with Gasteiger partial charge in [0.25, 0.3) is 5.91 Å². The third-order valence-corrected chi connectivity index (χ3v) is 5.78. The quantitative estimate of drug-likeness (QED) is 0.507. The van der Waals surface area contributed by atoms with Crippen molar-refractivity contribution in [2.45, 2.75) is 59.0 Å². The molecule has 0 radical (unpaired) electrons. The molecule has 3 aromatic rings. The van der Waals surface area contributed by atoms with E-state index in [0.717, 1.165) is 47.6 Å². The van der Waals surface area contributed by atoms with Gasteiger partial charge in [-0.25, -0.2) is 0 Å². The number of ether oxygens (including phenoxy) is 1. The minimum absolute atomic E-state index is 0.0124. The van der Waals surface area contributed by atoms with Crippen LogP contribution < -0.4 is 4.74 Å². The lowest BCUT2D eigenvalue weighted by Gasteiger charge is -2.37. The van der Waals surface area contributed by atoms with Crippen molar-refractivity contribution in [3.05, 3.63) is 70.9 Å². The highest BCUT2D eigenvalue weighted by Crippen LogP contribution is 2.46. The third-order valence-electron chi connectivity index (χ3n) is 5.78. The number of benzene rings is 2. The molecule has 31 heavy (non-hydrogen) atoms. The molecular weight excluding hydrogens is 386 g/mol. The molecule has 1 aliphatic rings. The van der Waals surface area contributed by atoms with Gasteiger partial charge in [0.05, 0.1) is 18.3 Å². The van der Waals surface area contributed by atoms with Crippen molar-refractivity contribution in [1.82, 2.24) is 15.1 Å². The molecule has 0 saturated carbocycles. The van der Waals surface area contributed by atoms with Crippen molar-refractivity contribution in [1.29, 1.82) is 0 Å². The summed E-state index contributed by atoms with van der Waals surface area (Å²) in [6.07, 6.45) is 2.14. The van der Waals surface area contributed by atoms with Crippen LogP contribution in [0, 0.1) is 6.92 Å². The number of aromatic amines is 1. The minimum Gasteiger partial charge on any atom is -0.494 e. The van der Waals surface area contributed by atoms with Crippen LogP contribution in [0.15, 0.2) is 48.5 Å². The number of hydrogen-bond donors (Lipinski definition) is 1. The van der Waals surface area contributed by atoms with Crippen LogP contribution in [0.3, 0.4) is 0 Å². The molecule has 2 heterocycles. The van der Waals surface area contributed by atoms with E-state index in [-0.39, 0.29) is 17.5 Å². The summed E-state index contributed by atoms with van der Waals surface area (Å²) in [4.78, 5) is 15.4. The second kappa shape index (κ2) is 8.22. The van der Waals surface area contributed by atoms with E-state index in [0.29, 0.717) is 5.69 Å². The van der Waals surface area contributed by atoms with E-state index in [1.807, 2.05) is 17.0 Å². The lowest BCUT2D eigenvalue weighted by Crippen LogP contribution is -2.44. The van der Waals surface area contributed by atoms with Gasteiger partial charge in [-0.15, -0.1) is 0 Å². The van der Waals surface area contributed by atoms with Crippen molar-refractivity contribution in [2.24, 2.45) is 0 Å². The predicted molar refractivity (Wildman–Crippen MR) is 123 cm³/mol. The summed E-state index contributed by atoms with van der Waals surface area (Å²) in [7, 11) is 0. The molecule has 1 N–H and O–H groups in total. The number of hydrogen-bond acceptors (Lipinski definition) is 3. The number of carbonyl (C=O) groups is 1. The first-order chi connectivity index (χ1) is 14.8. The highest BCUT2D eigenvalue weighted by Gasteiger charge is 2.46. The maximum Gasteiger partial charge on any atom is 0.273 e. The van der Waals surface area contributed by atoms with Gasteiger partial charge in [0.15, 0.2) is 0 Å². The minimum atomic E-state index is -0.345. The van der Waals surface area contributed by atoms with Gasteiger partial charge in [0.1, 0.15) is 11.4 Å². The van der Waals surface area contributed by atoms with Crippen LogP contribution >= 0.6 is 0 Å². The number of unbranched alkanes of at least 4 members (excludes halogenated alkanes) is 1. The van der Waals surface area contributed by atoms with Crippen molar-refractivity contribution in [3.8, 4) is 17.0 Å². The first-order valence-electron chi connectivity index (χ1n) is 11.0. The molecular formula is C26H31N3O2. The van der Waals surface area contributed by atoms with Crippen LogP contribution in [0.5, 0.6) is 5.75 Å². The number of rotatable bonds is 6. The Bertz CT molecular complexity index is 1060. The number of H-pyrrole nitrogens is 1. The Morgan fingerprint density at radius 1 is 1.06 bits per heavy atom. The average Bonchev–Trinajstić information content (AvgIpc) is 3.28. The van der Waals surface area contributed by atoms with E-state index in [2.05, 4.69) is 81.2 Å². The SMILES string of the molecule is CCCCOc1ccc(C2c3c(-c4ccc(C)cc4)n[nH]c3C(=O)N2C(C)(C)C)cc1. The molecule has 5 heteroatoms. The van der Waals surface area contributed by atoms with Crippen LogP contribution in [0.2, 0.25) is 0 Å². The first kappa shape index (κ1) is 21.2. The molecule has 0 spiro atoms. The molecule has 2 aromatic carbocycles. The maximum atomic E-state index is 13.4. The molecule has 1 aliphatic heterocycles. The Kier molecular flexibility index (Phi) is 5.61. The molecule has 1 aromatic heterocycles. The molecule has 1 atom stereocenters. The highest BCUT2D eigenvalue weighted by molar-refractivity contribution is 6.00. The number of fused-ring (bicyclic) bond motifs is 1. The smallest absolute Gasteiger partial charge is 0.273 e. The Morgan fingerprint density at radius 2 is 1.74 bits per heavy atom. The Labute approximate surface area is 184 Å². The third kappa shape index (κ3) is 3.97. The number of aryl methyl sites for hydroxylation is 1. The van der Waals surface area contributed by atoms with E-state index in [9.17, 15) is 4.79 Å². The van der Waals surface area contributed by atoms with E-state index in [1.165, 1.54) is 5.56 Å². The second-order valence-electron chi connectivity index (χ2n) is 9.25. The molecule has 4 rings (SSSR count). The summed E-state index contributed by atoms with van der Waals surface area (Å²) >= 11 is 0. The van der Waals surface area contributed by atoms with Crippen LogP contribution in [-0.2, 0) is 0 Å². The van der Waals surface area contributed by atoms with Gasteiger partial charge < -0.3 is 9.64 Å².